The second-order valence-corrected chi connectivity index (χ2v) is 3.21. The fraction of sp³-hybridized carbons (Fsp3) is 0.500. The van der Waals surface area contributed by atoms with Crippen molar-refractivity contribution in [2.75, 3.05) is 19.8 Å². The van der Waals surface area contributed by atoms with Gasteiger partial charge in [-0.15, -0.1) is 0 Å². The van der Waals surface area contributed by atoms with E-state index in [0.717, 1.165) is 0 Å². The lowest BCUT2D eigenvalue weighted by atomic mass is 10.1. The quantitative estimate of drug-likeness (QED) is 0.524. The molecule has 1 aromatic heterocycles. The van der Waals surface area contributed by atoms with E-state index in [-0.39, 0.29) is 5.78 Å². The standard InChI is InChI=1S/C12H17NO3/c1-3-15-6-5-12(14)10-7-11(16-4-2)9-13-8-10/h7-9H,3-6H2,1-2H3. The highest BCUT2D eigenvalue weighted by Gasteiger charge is 2.07. The van der Waals surface area contributed by atoms with Crippen LogP contribution in [0.5, 0.6) is 5.75 Å². The zero-order valence-corrected chi connectivity index (χ0v) is 9.73. The van der Waals surface area contributed by atoms with Gasteiger partial charge < -0.3 is 9.47 Å². The maximum atomic E-state index is 11.7. The van der Waals surface area contributed by atoms with Gasteiger partial charge in [-0.25, -0.2) is 0 Å². The number of carbonyl (C=O) groups excluding carboxylic acids is 1. The van der Waals surface area contributed by atoms with Crippen molar-refractivity contribution in [2.24, 2.45) is 0 Å². The van der Waals surface area contributed by atoms with E-state index in [1.807, 2.05) is 13.8 Å². The highest BCUT2D eigenvalue weighted by atomic mass is 16.5. The van der Waals surface area contributed by atoms with Crippen LogP contribution in [0.25, 0.3) is 0 Å². The van der Waals surface area contributed by atoms with E-state index in [2.05, 4.69) is 4.98 Å². The molecule has 0 aliphatic rings. The van der Waals surface area contributed by atoms with Gasteiger partial charge in [0.15, 0.2) is 5.78 Å². The molecule has 0 saturated carbocycles. The molecule has 0 unspecified atom stereocenters. The predicted octanol–water partition coefficient (Wildman–Crippen LogP) is 2.09. The number of nitrogens with zero attached hydrogens (tertiary/aromatic N) is 1. The second kappa shape index (κ2) is 6.95. The molecule has 0 spiro atoms. The molecular weight excluding hydrogens is 206 g/mol. The number of hydrogen-bond donors (Lipinski definition) is 0. The summed E-state index contributed by atoms with van der Waals surface area (Å²) in [6.07, 6.45) is 3.53. The predicted molar refractivity (Wildman–Crippen MR) is 60.8 cm³/mol. The Morgan fingerprint density at radius 3 is 2.81 bits per heavy atom. The van der Waals surface area contributed by atoms with Gasteiger partial charge in [0.1, 0.15) is 5.75 Å². The average molecular weight is 223 g/mol. The first-order valence-corrected chi connectivity index (χ1v) is 5.46. The Hall–Kier alpha value is -1.42. The van der Waals surface area contributed by atoms with Crippen LogP contribution in [0, 0.1) is 0 Å². The fourth-order valence-corrected chi connectivity index (χ4v) is 1.27. The van der Waals surface area contributed by atoms with Crippen LogP contribution >= 0.6 is 0 Å². The number of carbonyl (C=O) groups is 1. The molecule has 88 valence electrons. The molecule has 0 bridgehead atoms. The molecule has 0 aliphatic carbocycles. The van der Waals surface area contributed by atoms with Crippen LogP contribution in [-0.2, 0) is 4.74 Å². The van der Waals surface area contributed by atoms with Crippen molar-refractivity contribution in [3.8, 4) is 5.75 Å². The van der Waals surface area contributed by atoms with Crippen molar-refractivity contribution < 1.29 is 14.3 Å². The molecule has 1 rings (SSSR count). The molecule has 4 nitrogen and oxygen atoms in total. The lowest BCUT2D eigenvalue weighted by Crippen LogP contribution is -2.05. The van der Waals surface area contributed by atoms with E-state index in [1.165, 1.54) is 0 Å². The van der Waals surface area contributed by atoms with E-state index in [0.29, 0.717) is 37.6 Å². The summed E-state index contributed by atoms with van der Waals surface area (Å²) >= 11 is 0. The van der Waals surface area contributed by atoms with E-state index in [4.69, 9.17) is 9.47 Å². The molecule has 0 saturated heterocycles. The third kappa shape index (κ3) is 3.98. The van der Waals surface area contributed by atoms with Crippen LogP contribution < -0.4 is 4.74 Å². The van der Waals surface area contributed by atoms with Gasteiger partial charge in [-0.1, -0.05) is 0 Å². The van der Waals surface area contributed by atoms with E-state index >= 15 is 0 Å². The maximum Gasteiger partial charge on any atom is 0.166 e. The molecule has 4 heteroatoms. The SMILES string of the molecule is CCOCCC(=O)c1cncc(OCC)c1. The normalized spacial score (nSPS) is 10.1. The smallest absolute Gasteiger partial charge is 0.166 e. The summed E-state index contributed by atoms with van der Waals surface area (Å²) < 4.78 is 10.4. The first-order valence-electron chi connectivity index (χ1n) is 5.46. The summed E-state index contributed by atoms with van der Waals surface area (Å²) in [7, 11) is 0. The van der Waals surface area contributed by atoms with Crippen molar-refractivity contribution in [1.82, 2.24) is 4.98 Å². The number of hydrogen-bond acceptors (Lipinski definition) is 4. The van der Waals surface area contributed by atoms with Gasteiger partial charge in [0.25, 0.3) is 0 Å². The number of ketones is 1. The zero-order chi connectivity index (χ0) is 11.8. The average Bonchev–Trinajstić information content (AvgIpc) is 2.30. The van der Waals surface area contributed by atoms with Crippen molar-refractivity contribution >= 4 is 5.78 Å². The maximum absolute atomic E-state index is 11.7. The van der Waals surface area contributed by atoms with E-state index in [1.54, 1.807) is 18.5 Å². The monoisotopic (exact) mass is 223 g/mol. The molecule has 0 N–H and O–H groups in total. The Labute approximate surface area is 95.6 Å². The topological polar surface area (TPSA) is 48.4 Å². The minimum absolute atomic E-state index is 0.0301. The molecule has 0 radical (unpaired) electrons. The highest BCUT2D eigenvalue weighted by molar-refractivity contribution is 5.96. The Bertz CT molecular complexity index is 339. The molecule has 0 fully saturated rings. The van der Waals surface area contributed by atoms with Crippen LogP contribution in [0.3, 0.4) is 0 Å². The Kier molecular flexibility index (Phi) is 5.50. The highest BCUT2D eigenvalue weighted by Crippen LogP contribution is 2.12. The third-order valence-corrected chi connectivity index (χ3v) is 2.02. The lowest BCUT2D eigenvalue weighted by molar-refractivity contribution is 0.0895. The first kappa shape index (κ1) is 12.6. The van der Waals surface area contributed by atoms with E-state index in [9.17, 15) is 4.79 Å². The van der Waals surface area contributed by atoms with Gasteiger partial charge in [-0.2, -0.15) is 0 Å². The summed E-state index contributed by atoms with van der Waals surface area (Å²) in [5.74, 6) is 0.660. The molecule has 0 atom stereocenters. The molecule has 0 aliphatic heterocycles. The second-order valence-electron chi connectivity index (χ2n) is 3.21. The summed E-state index contributed by atoms with van der Waals surface area (Å²) in [4.78, 5) is 15.7. The molecule has 16 heavy (non-hydrogen) atoms. The molecule has 1 aromatic rings. The number of rotatable bonds is 7. The molecular formula is C12H17NO3. The van der Waals surface area contributed by atoms with Gasteiger partial charge in [-0.3, -0.25) is 9.78 Å². The number of ether oxygens (including phenoxy) is 2. The molecule has 0 amide bonds. The lowest BCUT2D eigenvalue weighted by Gasteiger charge is -2.04. The van der Waals surface area contributed by atoms with Crippen LogP contribution in [0.2, 0.25) is 0 Å². The summed E-state index contributed by atoms with van der Waals surface area (Å²) in [6, 6.07) is 1.71. The summed E-state index contributed by atoms with van der Waals surface area (Å²) in [6.45, 7) is 5.45. The third-order valence-electron chi connectivity index (χ3n) is 2.02. The minimum atomic E-state index is 0.0301. The van der Waals surface area contributed by atoms with Gasteiger partial charge in [0.2, 0.25) is 0 Å². The number of pyridine rings is 1. The fourth-order valence-electron chi connectivity index (χ4n) is 1.27. The van der Waals surface area contributed by atoms with Crippen LogP contribution in [0.15, 0.2) is 18.5 Å². The van der Waals surface area contributed by atoms with Crippen LogP contribution in [0.1, 0.15) is 30.6 Å². The number of Topliss-reactive ketones (excluding diaryl/α,β-unsaturated/α-hetero) is 1. The van der Waals surface area contributed by atoms with Gasteiger partial charge in [-0.05, 0) is 19.9 Å². The van der Waals surface area contributed by atoms with E-state index < -0.39 is 0 Å². The summed E-state index contributed by atoms with van der Waals surface area (Å²) in [5, 5.41) is 0. The summed E-state index contributed by atoms with van der Waals surface area (Å²) in [5.41, 5.74) is 0.575. The van der Waals surface area contributed by atoms with Gasteiger partial charge >= 0.3 is 0 Å². The number of aromatic nitrogens is 1. The molecule has 0 aromatic carbocycles. The molecule has 1 heterocycles. The first-order chi connectivity index (χ1) is 7.77. The Balaban J connectivity index is 2.57. The minimum Gasteiger partial charge on any atom is -0.492 e. The van der Waals surface area contributed by atoms with Gasteiger partial charge in [0, 0.05) is 24.8 Å². The van der Waals surface area contributed by atoms with Crippen LogP contribution in [0.4, 0.5) is 0 Å². The van der Waals surface area contributed by atoms with Crippen molar-refractivity contribution in [3.05, 3.63) is 24.0 Å². The zero-order valence-electron chi connectivity index (χ0n) is 9.73. The van der Waals surface area contributed by atoms with Crippen molar-refractivity contribution in [3.63, 3.8) is 0 Å². The largest absolute Gasteiger partial charge is 0.492 e. The Morgan fingerprint density at radius 2 is 2.12 bits per heavy atom. The Morgan fingerprint density at radius 1 is 1.31 bits per heavy atom. The van der Waals surface area contributed by atoms with Crippen molar-refractivity contribution in [2.45, 2.75) is 20.3 Å². The van der Waals surface area contributed by atoms with Crippen molar-refractivity contribution in [1.29, 1.82) is 0 Å². The van der Waals surface area contributed by atoms with Crippen LogP contribution in [-0.4, -0.2) is 30.6 Å². The van der Waals surface area contributed by atoms with Gasteiger partial charge in [0.05, 0.1) is 19.4 Å².